The Balaban J connectivity index is 1.82. The summed E-state index contributed by atoms with van der Waals surface area (Å²) in [4.78, 5) is 14.0. The minimum atomic E-state index is -0.888. The molecule has 136 valence electrons. The molecule has 0 aliphatic carbocycles. The van der Waals surface area contributed by atoms with Gasteiger partial charge in [0.1, 0.15) is 6.17 Å². The predicted molar refractivity (Wildman–Crippen MR) is 87.4 cm³/mol. The van der Waals surface area contributed by atoms with Crippen molar-refractivity contribution in [3.05, 3.63) is 17.5 Å². The maximum absolute atomic E-state index is 13.8. The Bertz CT molecular complexity index is 525. The van der Waals surface area contributed by atoms with E-state index in [1.54, 1.807) is 7.11 Å². The Morgan fingerprint density at radius 3 is 3.04 bits per heavy atom. The number of amides is 2. The third kappa shape index (κ3) is 5.45. The second-order valence-corrected chi connectivity index (χ2v) is 6.27. The lowest BCUT2D eigenvalue weighted by Crippen LogP contribution is -2.47. The summed E-state index contributed by atoms with van der Waals surface area (Å²) in [7, 11) is 1.60. The molecule has 0 radical (unpaired) electrons. The molecule has 7 nitrogen and oxygen atoms in total. The van der Waals surface area contributed by atoms with E-state index in [-0.39, 0.29) is 18.1 Å². The number of hydrogen-bond donors (Lipinski definition) is 2. The fourth-order valence-electron chi connectivity index (χ4n) is 2.93. The van der Waals surface area contributed by atoms with Crippen LogP contribution in [0.2, 0.25) is 0 Å². The van der Waals surface area contributed by atoms with Crippen molar-refractivity contribution < 1.29 is 18.4 Å². The topological polar surface area (TPSA) is 79.6 Å². The number of aryl methyl sites for hydroxylation is 1. The number of nitrogens with zero attached hydrogens (tertiary/aromatic N) is 2. The van der Waals surface area contributed by atoms with Gasteiger partial charge in [0, 0.05) is 32.3 Å². The summed E-state index contributed by atoms with van der Waals surface area (Å²) in [5.41, 5.74) is 0.804. The predicted octanol–water partition coefficient (Wildman–Crippen LogP) is 1.62. The number of rotatable bonds is 8. The van der Waals surface area contributed by atoms with Crippen molar-refractivity contribution in [1.29, 1.82) is 0 Å². The number of methoxy groups -OCH3 is 1. The molecule has 0 bridgehead atoms. The van der Waals surface area contributed by atoms with Crippen LogP contribution in [0.15, 0.2) is 10.6 Å². The average Bonchev–Trinajstić information content (AvgIpc) is 3.10. The first-order chi connectivity index (χ1) is 11.5. The fourth-order valence-corrected chi connectivity index (χ4v) is 2.93. The van der Waals surface area contributed by atoms with Crippen LogP contribution in [0.25, 0.3) is 0 Å². The van der Waals surface area contributed by atoms with Crippen LogP contribution in [-0.4, -0.2) is 61.1 Å². The molecule has 0 aromatic carbocycles. The number of nitrogens with one attached hydrogen (secondary N) is 2. The number of likely N-dealkylation sites (tertiary alicyclic amines) is 1. The zero-order valence-electron chi connectivity index (χ0n) is 14.5. The monoisotopic (exact) mass is 342 g/mol. The normalized spacial score (nSPS) is 22.5. The molecule has 1 saturated heterocycles. The van der Waals surface area contributed by atoms with Crippen molar-refractivity contribution in [2.24, 2.45) is 0 Å². The second kappa shape index (κ2) is 8.98. The van der Waals surface area contributed by atoms with Crippen LogP contribution in [0, 0.1) is 6.92 Å². The van der Waals surface area contributed by atoms with Crippen LogP contribution < -0.4 is 10.6 Å². The van der Waals surface area contributed by atoms with Gasteiger partial charge in [-0.05, 0) is 19.8 Å². The number of urea groups is 1. The van der Waals surface area contributed by atoms with Crippen molar-refractivity contribution in [1.82, 2.24) is 20.7 Å². The van der Waals surface area contributed by atoms with Crippen LogP contribution in [0.1, 0.15) is 31.2 Å². The van der Waals surface area contributed by atoms with Crippen molar-refractivity contribution in [2.75, 3.05) is 26.8 Å². The largest absolute Gasteiger partial charge is 0.383 e. The van der Waals surface area contributed by atoms with E-state index in [0.717, 1.165) is 12.1 Å². The van der Waals surface area contributed by atoms with Crippen molar-refractivity contribution in [2.45, 2.75) is 51.5 Å². The number of ether oxygens (including phenoxy) is 1. The quantitative estimate of drug-likeness (QED) is 0.750. The number of carbonyl (C=O) groups excluding carboxylic acids is 1. The van der Waals surface area contributed by atoms with Gasteiger partial charge >= 0.3 is 6.03 Å². The van der Waals surface area contributed by atoms with E-state index in [0.29, 0.717) is 38.4 Å². The third-order valence-corrected chi connectivity index (χ3v) is 4.21. The Kier molecular flexibility index (Phi) is 6.99. The van der Waals surface area contributed by atoms with E-state index in [2.05, 4.69) is 15.8 Å². The van der Waals surface area contributed by atoms with E-state index >= 15 is 0 Å². The first kappa shape index (κ1) is 18.7. The van der Waals surface area contributed by atoms with E-state index in [4.69, 9.17) is 9.26 Å². The van der Waals surface area contributed by atoms with Crippen LogP contribution in [0.3, 0.4) is 0 Å². The molecule has 0 unspecified atom stereocenters. The number of carbonyl (C=O) groups is 1. The van der Waals surface area contributed by atoms with Gasteiger partial charge in [-0.15, -0.1) is 0 Å². The van der Waals surface area contributed by atoms with Gasteiger partial charge in [0.2, 0.25) is 0 Å². The van der Waals surface area contributed by atoms with Crippen molar-refractivity contribution in [3.8, 4) is 0 Å². The Morgan fingerprint density at radius 1 is 1.62 bits per heavy atom. The Labute approximate surface area is 141 Å². The molecule has 1 aliphatic heterocycles. The smallest absolute Gasteiger partial charge is 0.315 e. The number of alkyl halides is 1. The summed E-state index contributed by atoms with van der Waals surface area (Å²) in [6.45, 7) is 5.53. The summed E-state index contributed by atoms with van der Waals surface area (Å²) in [5, 5.41) is 9.53. The molecule has 1 aromatic rings. The van der Waals surface area contributed by atoms with Gasteiger partial charge in [0.05, 0.1) is 24.9 Å². The lowest BCUT2D eigenvalue weighted by Gasteiger charge is -2.24. The fraction of sp³-hybridized carbons (Fsp3) is 0.750. The van der Waals surface area contributed by atoms with E-state index in [9.17, 15) is 9.18 Å². The molecule has 2 N–H and O–H groups in total. The summed E-state index contributed by atoms with van der Waals surface area (Å²) >= 11 is 0. The van der Waals surface area contributed by atoms with Gasteiger partial charge in [-0.2, -0.15) is 0 Å². The highest BCUT2D eigenvalue weighted by atomic mass is 19.1. The highest BCUT2D eigenvalue weighted by Crippen LogP contribution is 2.22. The van der Waals surface area contributed by atoms with Crippen molar-refractivity contribution >= 4 is 6.03 Å². The zero-order valence-corrected chi connectivity index (χ0v) is 14.5. The number of halogens is 1. The van der Waals surface area contributed by atoms with Gasteiger partial charge in [0.15, 0.2) is 5.76 Å². The zero-order chi connectivity index (χ0) is 17.5. The van der Waals surface area contributed by atoms with Gasteiger partial charge in [-0.25, -0.2) is 9.18 Å². The molecule has 1 aromatic heterocycles. The average molecular weight is 342 g/mol. The summed E-state index contributed by atoms with van der Waals surface area (Å²) in [6.07, 6.45) is 0.303. The molecule has 1 aliphatic rings. The minimum absolute atomic E-state index is 0.0271. The molecule has 2 amide bonds. The Morgan fingerprint density at radius 2 is 2.42 bits per heavy atom. The maximum atomic E-state index is 13.8. The van der Waals surface area contributed by atoms with Crippen LogP contribution in [0.5, 0.6) is 0 Å². The molecule has 1 fully saturated rings. The summed E-state index contributed by atoms with van der Waals surface area (Å²) in [5.74, 6) is 0.710. The SMILES string of the molecule is CC[C@H](COC)NC(=O)NC[C@@H]1C[C@H](F)CN1Cc1cc(C)no1. The summed E-state index contributed by atoms with van der Waals surface area (Å²) < 4.78 is 24.0. The molecular formula is C16H27FN4O3. The molecule has 0 saturated carbocycles. The lowest BCUT2D eigenvalue weighted by atomic mass is 10.2. The summed E-state index contributed by atoms with van der Waals surface area (Å²) in [6, 6.07) is 1.51. The van der Waals surface area contributed by atoms with E-state index in [1.807, 2.05) is 24.8 Å². The van der Waals surface area contributed by atoms with Crippen LogP contribution >= 0.6 is 0 Å². The van der Waals surface area contributed by atoms with Gasteiger partial charge in [-0.1, -0.05) is 12.1 Å². The highest BCUT2D eigenvalue weighted by Gasteiger charge is 2.33. The standard InChI is InChI=1S/C16H27FN4O3/c1-4-13(10-23-3)19-16(22)18-7-14-6-12(17)8-21(14)9-15-5-11(2)20-24-15/h5,12-14H,4,6-10H2,1-3H3,(H2,18,19,22)/t12-,13+,14-/m0/s1. The van der Waals surface area contributed by atoms with E-state index < -0.39 is 6.17 Å². The molecule has 24 heavy (non-hydrogen) atoms. The molecule has 8 heteroatoms. The molecule has 2 heterocycles. The first-order valence-corrected chi connectivity index (χ1v) is 8.35. The lowest BCUT2D eigenvalue weighted by molar-refractivity contribution is 0.162. The molecular weight excluding hydrogens is 315 g/mol. The number of hydrogen-bond acceptors (Lipinski definition) is 5. The second-order valence-electron chi connectivity index (χ2n) is 6.27. The molecule has 2 rings (SSSR count). The van der Waals surface area contributed by atoms with Gasteiger partial charge < -0.3 is 19.9 Å². The minimum Gasteiger partial charge on any atom is -0.383 e. The Hall–Kier alpha value is -1.67. The third-order valence-electron chi connectivity index (χ3n) is 4.21. The van der Waals surface area contributed by atoms with Gasteiger partial charge in [0.25, 0.3) is 0 Å². The van der Waals surface area contributed by atoms with Gasteiger partial charge in [-0.3, -0.25) is 4.90 Å². The maximum Gasteiger partial charge on any atom is 0.315 e. The first-order valence-electron chi connectivity index (χ1n) is 8.35. The molecule has 3 atom stereocenters. The number of aromatic nitrogens is 1. The van der Waals surface area contributed by atoms with E-state index in [1.165, 1.54) is 0 Å². The van der Waals surface area contributed by atoms with Crippen molar-refractivity contribution in [3.63, 3.8) is 0 Å². The van der Waals surface area contributed by atoms with Crippen LogP contribution in [0.4, 0.5) is 9.18 Å². The van der Waals surface area contributed by atoms with Crippen LogP contribution in [-0.2, 0) is 11.3 Å². The molecule has 0 spiro atoms. The highest BCUT2D eigenvalue weighted by molar-refractivity contribution is 5.74.